The minimum atomic E-state index is -0.878. The number of fused-ring (bicyclic) bond motifs is 1. The van der Waals surface area contributed by atoms with E-state index in [0.717, 1.165) is 12.0 Å². The van der Waals surface area contributed by atoms with Crippen LogP contribution >= 0.6 is 0 Å². The SMILES string of the molecule is COc1c(CC=C(C)C)c(O)c(C(C)=O)c2c1C[C@@H](OO)[C@@](C)(CCC=C(C)C)O2. The van der Waals surface area contributed by atoms with Crippen molar-refractivity contribution in [2.45, 2.75) is 78.9 Å². The number of ether oxygens (including phenoxy) is 2. The Balaban J connectivity index is 2.66. The summed E-state index contributed by atoms with van der Waals surface area (Å²) in [4.78, 5) is 17.3. The summed E-state index contributed by atoms with van der Waals surface area (Å²) in [6.45, 7) is 11.2. The number of hydrogen-bond donors (Lipinski definition) is 2. The van der Waals surface area contributed by atoms with Crippen LogP contribution in [0.5, 0.6) is 17.2 Å². The molecule has 0 spiro atoms. The number of aromatic hydroxyl groups is 1. The molecule has 0 fully saturated rings. The van der Waals surface area contributed by atoms with Crippen LogP contribution in [0.4, 0.5) is 0 Å². The van der Waals surface area contributed by atoms with Crippen molar-refractivity contribution in [3.8, 4) is 17.2 Å². The van der Waals surface area contributed by atoms with Gasteiger partial charge in [0.15, 0.2) is 5.78 Å². The third-order valence-electron chi connectivity index (χ3n) is 5.57. The lowest BCUT2D eigenvalue weighted by Gasteiger charge is -2.42. The topological polar surface area (TPSA) is 85.2 Å². The van der Waals surface area contributed by atoms with E-state index >= 15 is 0 Å². The normalized spacial score (nSPS) is 20.1. The predicted molar refractivity (Wildman–Crippen MR) is 117 cm³/mol. The highest BCUT2D eigenvalue weighted by atomic mass is 17.1. The van der Waals surface area contributed by atoms with Gasteiger partial charge in [0, 0.05) is 17.5 Å². The molecule has 0 amide bonds. The van der Waals surface area contributed by atoms with Gasteiger partial charge < -0.3 is 14.6 Å². The zero-order chi connectivity index (χ0) is 22.6. The molecule has 0 radical (unpaired) electrons. The first-order valence-corrected chi connectivity index (χ1v) is 10.3. The summed E-state index contributed by atoms with van der Waals surface area (Å²) in [5.74, 6) is 0.356. The van der Waals surface area contributed by atoms with Gasteiger partial charge in [-0.15, -0.1) is 0 Å². The van der Waals surface area contributed by atoms with Crippen LogP contribution in [-0.2, 0) is 17.7 Å². The third-order valence-corrected chi connectivity index (χ3v) is 5.57. The Bertz CT molecular complexity index is 859. The molecule has 6 nitrogen and oxygen atoms in total. The average molecular weight is 419 g/mol. The minimum absolute atomic E-state index is 0.120. The Morgan fingerprint density at radius 3 is 2.33 bits per heavy atom. The summed E-state index contributed by atoms with van der Waals surface area (Å²) < 4.78 is 11.9. The Morgan fingerprint density at radius 1 is 1.20 bits per heavy atom. The van der Waals surface area contributed by atoms with E-state index in [9.17, 15) is 15.2 Å². The Hall–Kier alpha value is -2.31. The summed E-state index contributed by atoms with van der Waals surface area (Å²) in [7, 11) is 1.52. The van der Waals surface area contributed by atoms with E-state index in [1.165, 1.54) is 19.6 Å². The Labute approximate surface area is 179 Å². The number of Topliss-reactive ketones (excluding diaryl/α,β-unsaturated/α-hetero) is 1. The molecule has 1 aliphatic rings. The number of rotatable bonds is 8. The van der Waals surface area contributed by atoms with Gasteiger partial charge in [0.05, 0.1) is 7.11 Å². The minimum Gasteiger partial charge on any atom is -0.507 e. The fourth-order valence-electron chi connectivity index (χ4n) is 3.88. The number of phenolic OH excluding ortho intramolecular Hbond substituents is 1. The molecule has 2 N–H and O–H groups in total. The number of ketones is 1. The molecule has 6 heteroatoms. The number of carbonyl (C=O) groups is 1. The molecule has 0 bridgehead atoms. The maximum absolute atomic E-state index is 12.5. The lowest BCUT2D eigenvalue weighted by atomic mass is 9.83. The van der Waals surface area contributed by atoms with Gasteiger partial charge in [-0.1, -0.05) is 23.3 Å². The second kappa shape index (κ2) is 9.67. The van der Waals surface area contributed by atoms with Crippen LogP contribution in [0.1, 0.15) is 75.9 Å². The quantitative estimate of drug-likeness (QED) is 0.254. The van der Waals surface area contributed by atoms with Gasteiger partial charge >= 0.3 is 0 Å². The number of carbonyl (C=O) groups excluding carboxylic acids is 1. The molecule has 1 aromatic carbocycles. The summed E-state index contributed by atoms with van der Waals surface area (Å²) in [5, 5.41) is 20.6. The van der Waals surface area contributed by atoms with Gasteiger partial charge in [0.2, 0.25) is 0 Å². The molecule has 0 aliphatic carbocycles. The number of hydrogen-bond acceptors (Lipinski definition) is 6. The maximum atomic E-state index is 12.5. The van der Waals surface area contributed by atoms with Gasteiger partial charge in [0.25, 0.3) is 0 Å². The number of benzene rings is 1. The van der Waals surface area contributed by atoms with E-state index in [1.807, 2.05) is 40.7 Å². The first-order chi connectivity index (χ1) is 14.1. The third kappa shape index (κ3) is 4.87. The number of methoxy groups -OCH3 is 1. The standard InChI is InChI=1S/C24H34O6/c1-14(2)9-8-12-24(6)19(30-27)13-18-22(28-7)17(11-10-15(3)4)21(26)20(16(5)25)23(18)29-24/h9-10,19,26-27H,8,11-13H2,1-7H3/t19-,24-/m1/s1. The van der Waals surface area contributed by atoms with Gasteiger partial charge in [0.1, 0.15) is 34.5 Å². The van der Waals surface area contributed by atoms with Crippen LogP contribution in [-0.4, -0.2) is 35.0 Å². The summed E-state index contributed by atoms with van der Waals surface area (Å²) in [6.07, 6.45) is 5.40. The second-order valence-electron chi connectivity index (χ2n) is 8.62. The first kappa shape index (κ1) is 24.0. The van der Waals surface area contributed by atoms with E-state index in [1.54, 1.807) is 0 Å². The van der Waals surface area contributed by atoms with Crippen LogP contribution in [0.3, 0.4) is 0 Å². The first-order valence-electron chi connectivity index (χ1n) is 10.3. The number of phenols is 1. The smallest absolute Gasteiger partial charge is 0.167 e. The predicted octanol–water partition coefficient (Wildman–Crippen LogP) is 5.41. The van der Waals surface area contributed by atoms with E-state index in [4.69, 9.17) is 14.4 Å². The highest BCUT2D eigenvalue weighted by molar-refractivity contribution is 6.01. The summed E-state index contributed by atoms with van der Waals surface area (Å²) in [5.41, 5.74) is 2.68. The molecule has 0 saturated carbocycles. The molecular formula is C24H34O6. The van der Waals surface area contributed by atoms with Crippen molar-refractivity contribution < 1.29 is 29.5 Å². The van der Waals surface area contributed by atoms with Crippen LogP contribution in [0.15, 0.2) is 23.3 Å². The van der Waals surface area contributed by atoms with Gasteiger partial charge in [-0.05, 0) is 60.8 Å². The largest absolute Gasteiger partial charge is 0.507 e. The summed E-state index contributed by atoms with van der Waals surface area (Å²) in [6, 6.07) is 0. The molecule has 166 valence electrons. The highest BCUT2D eigenvalue weighted by Gasteiger charge is 2.45. The van der Waals surface area contributed by atoms with Crippen LogP contribution < -0.4 is 9.47 Å². The highest BCUT2D eigenvalue weighted by Crippen LogP contribution is 2.49. The van der Waals surface area contributed by atoms with E-state index in [0.29, 0.717) is 41.9 Å². The molecular weight excluding hydrogens is 384 g/mol. The molecule has 1 heterocycles. The van der Waals surface area contributed by atoms with Crippen molar-refractivity contribution in [3.05, 3.63) is 40.0 Å². The molecule has 30 heavy (non-hydrogen) atoms. The molecule has 2 atom stereocenters. The molecule has 0 saturated heterocycles. The fourth-order valence-corrected chi connectivity index (χ4v) is 3.88. The Morgan fingerprint density at radius 2 is 1.83 bits per heavy atom. The van der Waals surface area contributed by atoms with Crippen molar-refractivity contribution >= 4 is 5.78 Å². The molecule has 0 aromatic heterocycles. The number of allylic oxidation sites excluding steroid dienone is 4. The molecule has 1 aliphatic heterocycles. The average Bonchev–Trinajstić information content (AvgIpc) is 2.64. The summed E-state index contributed by atoms with van der Waals surface area (Å²) >= 11 is 0. The molecule has 2 rings (SSSR count). The van der Waals surface area contributed by atoms with Crippen molar-refractivity contribution in [3.63, 3.8) is 0 Å². The van der Waals surface area contributed by atoms with Gasteiger partial charge in [-0.25, -0.2) is 4.89 Å². The second-order valence-corrected chi connectivity index (χ2v) is 8.62. The van der Waals surface area contributed by atoms with Crippen molar-refractivity contribution in [1.82, 2.24) is 0 Å². The Kier molecular flexibility index (Phi) is 7.72. The maximum Gasteiger partial charge on any atom is 0.167 e. The van der Waals surface area contributed by atoms with E-state index in [-0.39, 0.29) is 17.1 Å². The monoisotopic (exact) mass is 418 g/mol. The zero-order valence-corrected chi connectivity index (χ0v) is 19.1. The fraction of sp³-hybridized carbons (Fsp3) is 0.542. The lowest BCUT2D eigenvalue weighted by Crippen LogP contribution is -2.50. The lowest BCUT2D eigenvalue weighted by molar-refractivity contribution is -0.312. The van der Waals surface area contributed by atoms with Crippen LogP contribution in [0.25, 0.3) is 0 Å². The van der Waals surface area contributed by atoms with Crippen LogP contribution in [0, 0.1) is 0 Å². The molecule has 1 aromatic rings. The van der Waals surface area contributed by atoms with Crippen LogP contribution in [0.2, 0.25) is 0 Å². The van der Waals surface area contributed by atoms with Crippen molar-refractivity contribution in [2.75, 3.05) is 7.11 Å². The van der Waals surface area contributed by atoms with Gasteiger partial charge in [-0.3, -0.25) is 10.1 Å². The van der Waals surface area contributed by atoms with Crippen molar-refractivity contribution in [1.29, 1.82) is 0 Å². The van der Waals surface area contributed by atoms with Gasteiger partial charge in [-0.2, -0.15) is 0 Å². The van der Waals surface area contributed by atoms with E-state index in [2.05, 4.69) is 6.08 Å². The zero-order valence-electron chi connectivity index (χ0n) is 19.1. The molecule has 0 unspecified atom stereocenters. The van der Waals surface area contributed by atoms with E-state index < -0.39 is 11.7 Å². The van der Waals surface area contributed by atoms with Crippen molar-refractivity contribution in [2.24, 2.45) is 0 Å².